The molecule has 1 saturated heterocycles. The standard InChI is InChI=1S/C13H19N3O3S/c1-2-20(18,19)16-10-8-15(9-11-16)13(17)14-12-6-4-3-5-7-12/h3-7H,2,8-11H2,1H3,(H,14,17). The van der Waals surface area contributed by atoms with Gasteiger partial charge in [-0.25, -0.2) is 13.2 Å². The van der Waals surface area contributed by atoms with Gasteiger partial charge in [0.2, 0.25) is 10.0 Å². The van der Waals surface area contributed by atoms with E-state index in [-0.39, 0.29) is 11.8 Å². The number of hydrogen-bond donors (Lipinski definition) is 1. The van der Waals surface area contributed by atoms with Crippen molar-refractivity contribution in [1.29, 1.82) is 0 Å². The summed E-state index contributed by atoms with van der Waals surface area (Å²) < 4.78 is 24.9. The largest absolute Gasteiger partial charge is 0.322 e. The van der Waals surface area contributed by atoms with Crippen molar-refractivity contribution in [3.05, 3.63) is 30.3 Å². The van der Waals surface area contributed by atoms with Gasteiger partial charge in [0, 0.05) is 31.9 Å². The molecule has 0 atom stereocenters. The average Bonchev–Trinajstić information content (AvgIpc) is 2.48. The van der Waals surface area contributed by atoms with E-state index >= 15 is 0 Å². The lowest BCUT2D eigenvalue weighted by atomic mass is 10.3. The second-order valence-electron chi connectivity index (χ2n) is 4.58. The fourth-order valence-electron chi connectivity index (χ4n) is 2.08. The van der Waals surface area contributed by atoms with Crippen LogP contribution in [0.2, 0.25) is 0 Å². The molecule has 1 fully saturated rings. The zero-order valence-electron chi connectivity index (χ0n) is 11.4. The van der Waals surface area contributed by atoms with Gasteiger partial charge in [-0.15, -0.1) is 0 Å². The lowest BCUT2D eigenvalue weighted by Gasteiger charge is -2.33. The van der Waals surface area contributed by atoms with Crippen LogP contribution in [-0.2, 0) is 10.0 Å². The molecule has 0 aliphatic carbocycles. The van der Waals surface area contributed by atoms with E-state index in [2.05, 4.69) is 5.32 Å². The van der Waals surface area contributed by atoms with Gasteiger partial charge in [0.15, 0.2) is 0 Å². The summed E-state index contributed by atoms with van der Waals surface area (Å²) in [6.45, 7) is 3.18. The molecule has 0 unspecified atom stereocenters. The Kier molecular flexibility index (Phi) is 4.61. The molecule has 1 aromatic rings. The number of carbonyl (C=O) groups is 1. The summed E-state index contributed by atoms with van der Waals surface area (Å²) in [7, 11) is -3.15. The monoisotopic (exact) mass is 297 g/mol. The zero-order valence-corrected chi connectivity index (χ0v) is 12.3. The van der Waals surface area contributed by atoms with Crippen molar-refractivity contribution in [2.24, 2.45) is 0 Å². The molecule has 7 heteroatoms. The molecule has 1 N–H and O–H groups in total. The Morgan fingerprint density at radius 2 is 1.75 bits per heavy atom. The minimum atomic E-state index is -3.15. The minimum absolute atomic E-state index is 0.100. The van der Waals surface area contributed by atoms with Crippen LogP contribution < -0.4 is 5.32 Å². The number of piperazine rings is 1. The first-order valence-corrected chi connectivity index (χ1v) is 8.22. The second-order valence-corrected chi connectivity index (χ2v) is 6.84. The van der Waals surface area contributed by atoms with E-state index in [0.29, 0.717) is 26.2 Å². The molecule has 20 heavy (non-hydrogen) atoms. The van der Waals surface area contributed by atoms with Gasteiger partial charge in [-0.05, 0) is 19.1 Å². The van der Waals surface area contributed by atoms with Crippen molar-refractivity contribution in [2.75, 3.05) is 37.2 Å². The normalized spacial score (nSPS) is 16.9. The van der Waals surface area contributed by atoms with Crippen LogP contribution >= 0.6 is 0 Å². The summed E-state index contributed by atoms with van der Waals surface area (Å²) in [5, 5.41) is 2.80. The van der Waals surface area contributed by atoms with E-state index in [1.165, 1.54) is 4.31 Å². The number of urea groups is 1. The van der Waals surface area contributed by atoms with Gasteiger partial charge in [0.05, 0.1) is 5.75 Å². The van der Waals surface area contributed by atoms with E-state index in [1.807, 2.05) is 30.3 Å². The molecular weight excluding hydrogens is 278 g/mol. The van der Waals surface area contributed by atoms with E-state index in [0.717, 1.165) is 5.69 Å². The predicted octanol–water partition coefficient (Wildman–Crippen LogP) is 1.19. The quantitative estimate of drug-likeness (QED) is 0.911. The summed E-state index contributed by atoms with van der Waals surface area (Å²) >= 11 is 0. The SMILES string of the molecule is CCS(=O)(=O)N1CCN(C(=O)Nc2ccccc2)CC1. The van der Waals surface area contributed by atoms with E-state index in [9.17, 15) is 13.2 Å². The van der Waals surface area contributed by atoms with Gasteiger partial charge in [-0.3, -0.25) is 0 Å². The maximum atomic E-state index is 12.0. The highest BCUT2D eigenvalue weighted by Gasteiger charge is 2.27. The molecule has 110 valence electrons. The number of rotatable bonds is 3. The molecule has 0 saturated carbocycles. The highest BCUT2D eigenvalue weighted by molar-refractivity contribution is 7.89. The second kappa shape index (κ2) is 6.23. The zero-order chi connectivity index (χ0) is 14.6. The van der Waals surface area contributed by atoms with Crippen LogP contribution in [0, 0.1) is 0 Å². The molecule has 1 aliphatic rings. The Morgan fingerprint density at radius 1 is 1.15 bits per heavy atom. The van der Waals surface area contributed by atoms with Gasteiger partial charge in [0.1, 0.15) is 0 Å². The van der Waals surface area contributed by atoms with E-state index in [1.54, 1.807) is 11.8 Å². The topological polar surface area (TPSA) is 69.7 Å². The summed E-state index contributed by atoms with van der Waals surface area (Å²) in [4.78, 5) is 13.7. The number of benzene rings is 1. The maximum Gasteiger partial charge on any atom is 0.321 e. The Balaban J connectivity index is 1.89. The minimum Gasteiger partial charge on any atom is -0.322 e. The first-order valence-electron chi connectivity index (χ1n) is 6.62. The summed E-state index contributed by atoms with van der Waals surface area (Å²) in [6.07, 6.45) is 0. The van der Waals surface area contributed by atoms with Crippen molar-refractivity contribution in [1.82, 2.24) is 9.21 Å². The molecule has 0 spiro atoms. The number of para-hydroxylation sites is 1. The van der Waals surface area contributed by atoms with Gasteiger partial charge in [-0.1, -0.05) is 18.2 Å². The van der Waals surface area contributed by atoms with Crippen molar-refractivity contribution in [2.45, 2.75) is 6.92 Å². The van der Waals surface area contributed by atoms with Gasteiger partial charge >= 0.3 is 6.03 Å². The molecule has 2 rings (SSSR count). The van der Waals surface area contributed by atoms with Crippen LogP contribution in [0.5, 0.6) is 0 Å². The van der Waals surface area contributed by atoms with Crippen LogP contribution in [0.1, 0.15) is 6.92 Å². The number of anilines is 1. The van der Waals surface area contributed by atoms with Crippen LogP contribution in [-0.4, -0.2) is 55.6 Å². The Hall–Kier alpha value is -1.60. The Labute approximate surface area is 119 Å². The third kappa shape index (κ3) is 3.49. The fraction of sp³-hybridized carbons (Fsp3) is 0.462. The fourth-order valence-corrected chi connectivity index (χ4v) is 3.16. The molecule has 2 amide bonds. The van der Waals surface area contributed by atoms with E-state index < -0.39 is 10.0 Å². The summed E-state index contributed by atoms with van der Waals surface area (Å²) in [6, 6.07) is 9.02. The number of amides is 2. The van der Waals surface area contributed by atoms with Crippen LogP contribution in [0.25, 0.3) is 0 Å². The lowest BCUT2D eigenvalue weighted by molar-refractivity contribution is 0.184. The number of hydrogen-bond acceptors (Lipinski definition) is 3. The summed E-state index contributed by atoms with van der Waals surface area (Å²) in [5.74, 6) is 0.100. The third-order valence-corrected chi connectivity index (χ3v) is 5.19. The van der Waals surface area contributed by atoms with Crippen LogP contribution in [0.3, 0.4) is 0 Å². The third-order valence-electron chi connectivity index (χ3n) is 3.31. The Morgan fingerprint density at radius 3 is 2.30 bits per heavy atom. The molecule has 1 heterocycles. The first-order chi connectivity index (χ1) is 9.53. The van der Waals surface area contributed by atoms with E-state index in [4.69, 9.17) is 0 Å². The molecule has 0 aromatic heterocycles. The lowest BCUT2D eigenvalue weighted by Crippen LogP contribution is -2.51. The van der Waals surface area contributed by atoms with Gasteiger partial charge < -0.3 is 10.2 Å². The molecular formula is C13H19N3O3S. The highest BCUT2D eigenvalue weighted by atomic mass is 32.2. The van der Waals surface area contributed by atoms with Crippen molar-refractivity contribution in [3.8, 4) is 0 Å². The number of carbonyl (C=O) groups excluding carboxylic acids is 1. The average molecular weight is 297 g/mol. The summed E-state index contributed by atoms with van der Waals surface area (Å²) in [5.41, 5.74) is 0.737. The number of nitrogens with one attached hydrogen (secondary N) is 1. The highest BCUT2D eigenvalue weighted by Crippen LogP contribution is 2.11. The number of nitrogens with zero attached hydrogens (tertiary/aromatic N) is 2. The molecule has 1 aliphatic heterocycles. The Bertz CT molecular complexity index is 551. The van der Waals surface area contributed by atoms with Crippen molar-refractivity contribution >= 4 is 21.7 Å². The van der Waals surface area contributed by atoms with Crippen molar-refractivity contribution < 1.29 is 13.2 Å². The maximum absolute atomic E-state index is 12.0. The van der Waals surface area contributed by atoms with Gasteiger partial charge in [0.25, 0.3) is 0 Å². The van der Waals surface area contributed by atoms with Crippen molar-refractivity contribution in [3.63, 3.8) is 0 Å². The smallest absolute Gasteiger partial charge is 0.321 e. The predicted molar refractivity (Wildman–Crippen MR) is 78.1 cm³/mol. The molecule has 0 bridgehead atoms. The molecule has 6 nitrogen and oxygen atoms in total. The van der Waals surface area contributed by atoms with Crippen LogP contribution in [0.4, 0.5) is 10.5 Å². The number of sulfonamides is 1. The first kappa shape index (κ1) is 14.8. The molecule has 0 radical (unpaired) electrons. The van der Waals surface area contributed by atoms with Crippen LogP contribution in [0.15, 0.2) is 30.3 Å². The molecule has 1 aromatic carbocycles. The van der Waals surface area contributed by atoms with Gasteiger partial charge in [-0.2, -0.15) is 4.31 Å².